The highest BCUT2D eigenvalue weighted by molar-refractivity contribution is 6.35. The predicted molar refractivity (Wildman–Crippen MR) is 206 cm³/mol. The number of halogens is 3. The third kappa shape index (κ3) is 10.1. The Bertz CT molecular complexity index is 1710. The molecule has 2 unspecified atom stereocenters. The maximum atomic E-state index is 13.4. The van der Waals surface area contributed by atoms with Crippen LogP contribution in [0.3, 0.4) is 0 Å². The molecule has 2 N–H and O–H groups in total. The van der Waals surface area contributed by atoms with E-state index < -0.39 is 0 Å². The van der Waals surface area contributed by atoms with Crippen LogP contribution >= 0.6 is 34.8 Å². The maximum Gasteiger partial charge on any atom is 0.272 e. The van der Waals surface area contributed by atoms with E-state index in [1.807, 2.05) is 38.1 Å². The summed E-state index contributed by atoms with van der Waals surface area (Å²) >= 11 is 18.9. The molecule has 0 bridgehead atoms. The van der Waals surface area contributed by atoms with E-state index in [1.165, 1.54) is 5.56 Å². The summed E-state index contributed by atoms with van der Waals surface area (Å²) in [7, 11) is 0. The first kappa shape index (κ1) is 37.9. The first-order valence-corrected chi connectivity index (χ1v) is 19.0. The highest BCUT2D eigenvalue weighted by atomic mass is 35.5. The fourth-order valence-corrected chi connectivity index (χ4v) is 7.51. The molecule has 4 aromatic rings. The molecule has 2 atom stereocenters. The second-order valence-corrected chi connectivity index (χ2v) is 14.4. The van der Waals surface area contributed by atoms with Gasteiger partial charge in [-0.2, -0.15) is 5.10 Å². The number of rotatable bonds is 16. The van der Waals surface area contributed by atoms with Gasteiger partial charge in [-0.25, -0.2) is 4.68 Å². The molecular weight excluding hydrogens is 689 g/mol. The number of carbonyl (C=O) groups excluding carboxylic acids is 2. The van der Waals surface area contributed by atoms with Crippen molar-refractivity contribution in [1.29, 1.82) is 0 Å². The lowest BCUT2D eigenvalue weighted by molar-refractivity contribution is -0.134. The smallest absolute Gasteiger partial charge is 0.272 e. The number of unbranched alkanes of at least 4 members (excludes halogenated alkanes) is 4. The molecule has 1 aliphatic heterocycles. The van der Waals surface area contributed by atoms with Gasteiger partial charge in [0, 0.05) is 52.8 Å². The van der Waals surface area contributed by atoms with Crippen molar-refractivity contribution in [3.63, 3.8) is 0 Å². The monoisotopic (exact) mass is 735 g/mol. The molecular formula is C40H48Cl3N5O2. The van der Waals surface area contributed by atoms with E-state index in [0.717, 1.165) is 87.7 Å². The van der Waals surface area contributed by atoms with Gasteiger partial charge in [0.1, 0.15) is 0 Å². The Labute approximate surface area is 311 Å². The predicted octanol–water partition coefficient (Wildman–Crippen LogP) is 9.48. The molecule has 0 aliphatic carbocycles. The Hall–Kier alpha value is -3.36. The van der Waals surface area contributed by atoms with Gasteiger partial charge in [0.05, 0.1) is 16.4 Å². The second-order valence-electron chi connectivity index (χ2n) is 13.2. The second kappa shape index (κ2) is 18.8. The Morgan fingerprint density at radius 3 is 2.40 bits per heavy atom. The van der Waals surface area contributed by atoms with Crippen LogP contribution in [-0.2, 0) is 11.2 Å². The molecule has 50 heavy (non-hydrogen) atoms. The summed E-state index contributed by atoms with van der Waals surface area (Å²) in [5, 5.41) is 13.0. The van der Waals surface area contributed by atoms with Crippen molar-refractivity contribution in [3.05, 3.63) is 105 Å². The van der Waals surface area contributed by atoms with Crippen LogP contribution in [0.5, 0.6) is 0 Å². The van der Waals surface area contributed by atoms with Crippen molar-refractivity contribution < 1.29 is 9.59 Å². The number of nitrogens with one attached hydrogen (secondary N) is 2. The average Bonchev–Trinajstić information content (AvgIpc) is 3.47. The lowest BCUT2D eigenvalue weighted by atomic mass is 9.93. The summed E-state index contributed by atoms with van der Waals surface area (Å²) in [6, 6.07) is 24.0. The van der Waals surface area contributed by atoms with Gasteiger partial charge < -0.3 is 15.5 Å². The molecule has 1 aliphatic rings. The normalized spacial score (nSPS) is 15.9. The molecule has 2 amide bonds. The minimum Gasteiger partial charge on any atom is -0.351 e. The third-order valence-electron chi connectivity index (χ3n) is 9.61. The molecule has 0 spiro atoms. The Balaban J connectivity index is 1.09. The number of nitrogens with zero attached hydrogens (tertiary/aromatic N) is 3. The Morgan fingerprint density at radius 2 is 1.66 bits per heavy atom. The van der Waals surface area contributed by atoms with E-state index in [0.29, 0.717) is 51.5 Å². The topological polar surface area (TPSA) is 79.3 Å². The highest BCUT2D eigenvalue weighted by Crippen LogP contribution is 2.33. The minimum absolute atomic E-state index is 0.223. The number of amides is 2. The van der Waals surface area contributed by atoms with Crippen LogP contribution in [0, 0.1) is 6.92 Å². The summed E-state index contributed by atoms with van der Waals surface area (Å²) in [5.74, 6) is 0.0380. The molecule has 10 heteroatoms. The lowest BCUT2D eigenvalue weighted by Crippen LogP contribution is -2.50. The average molecular weight is 737 g/mol. The molecule has 3 aromatic carbocycles. The van der Waals surface area contributed by atoms with Gasteiger partial charge in [-0.05, 0) is 87.9 Å². The van der Waals surface area contributed by atoms with Gasteiger partial charge in [0.25, 0.3) is 5.91 Å². The Kier molecular flexibility index (Phi) is 14.2. The molecule has 0 radical (unpaired) electrons. The molecule has 7 nitrogen and oxygen atoms in total. The van der Waals surface area contributed by atoms with Crippen molar-refractivity contribution in [2.45, 2.75) is 90.1 Å². The first-order valence-electron chi connectivity index (χ1n) is 17.9. The van der Waals surface area contributed by atoms with Crippen LogP contribution in [0.25, 0.3) is 16.9 Å². The third-order valence-corrected chi connectivity index (χ3v) is 10.4. The SMILES string of the molecule is CCC(=O)N(CCCCCCCNC(=O)c1nn(-c2ccc(Cl)cc2Cl)c(-c2ccc(Cl)cc2)c1C)C1CCNC(CCc2ccccc2)C1. The van der Waals surface area contributed by atoms with Crippen LogP contribution in [-0.4, -0.2) is 58.2 Å². The first-order chi connectivity index (χ1) is 24.2. The van der Waals surface area contributed by atoms with E-state index in [9.17, 15) is 9.59 Å². The summed E-state index contributed by atoms with van der Waals surface area (Å²) in [6.07, 6.45) is 9.69. The molecule has 0 saturated carbocycles. The van der Waals surface area contributed by atoms with Gasteiger partial charge in [-0.3, -0.25) is 9.59 Å². The van der Waals surface area contributed by atoms with Gasteiger partial charge in [0.15, 0.2) is 5.69 Å². The zero-order chi connectivity index (χ0) is 35.5. The highest BCUT2D eigenvalue weighted by Gasteiger charge is 2.28. The van der Waals surface area contributed by atoms with Crippen molar-refractivity contribution in [3.8, 4) is 16.9 Å². The molecule has 2 heterocycles. The van der Waals surface area contributed by atoms with Gasteiger partial charge in [-0.1, -0.05) is 103 Å². The Morgan fingerprint density at radius 1 is 0.940 bits per heavy atom. The number of aromatic nitrogens is 2. The zero-order valence-electron chi connectivity index (χ0n) is 29.1. The summed E-state index contributed by atoms with van der Waals surface area (Å²) < 4.78 is 1.70. The van der Waals surface area contributed by atoms with Crippen LogP contribution in [0.15, 0.2) is 72.8 Å². The quantitative estimate of drug-likeness (QED) is 0.112. The summed E-state index contributed by atoms with van der Waals surface area (Å²) in [6.45, 7) is 6.20. The number of hydrogen-bond acceptors (Lipinski definition) is 4. The van der Waals surface area contributed by atoms with Gasteiger partial charge >= 0.3 is 0 Å². The van der Waals surface area contributed by atoms with Crippen molar-refractivity contribution in [2.75, 3.05) is 19.6 Å². The number of hydrogen-bond donors (Lipinski definition) is 2. The fraction of sp³-hybridized carbons (Fsp3) is 0.425. The van der Waals surface area contributed by atoms with Crippen LogP contribution in [0.1, 0.15) is 86.3 Å². The van der Waals surface area contributed by atoms with Crippen LogP contribution < -0.4 is 10.6 Å². The van der Waals surface area contributed by atoms with Crippen molar-refractivity contribution in [2.24, 2.45) is 0 Å². The summed E-state index contributed by atoms with van der Waals surface area (Å²) in [5.41, 5.74) is 4.72. The molecule has 266 valence electrons. The van der Waals surface area contributed by atoms with E-state index in [4.69, 9.17) is 39.9 Å². The number of aryl methyl sites for hydroxylation is 1. The van der Waals surface area contributed by atoms with E-state index >= 15 is 0 Å². The van der Waals surface area contributed by atoms with Crippen molar-refractivity contribution in [1.82, 2.24) is 25.3 Å². The minimum atomic E-state index is -0.223. The number of piperidine rings is 1. The van der Waals surface area contributed by atoms with E-state index in [2.05, 4.69) is 45.9 Å². The lowest BCUT2D eigenvalue weighted by Gasteiger charge is -2.38. The maximum absolute atomic E-state index is 13.4. The molecule has 5 rings (SSSR count). The number of carbonyl (C=O) groups is 2. The molecule has 1 saturated heterocycles. The largest absolute Gasteiger partial charge is 0.351 e. The standard InChI is InChI=1S/C40H48Cl3N5O2/c1-3-37(49)47(34-22-24-44-33(27-34)20-14-29-12-8-7-9-13-29)25-11-6-4-5-10-23-45-40(50)38-28(2)39(30-15-17-31(41)18-16-30)48(46-38)36-21-19-32(42)26-35(36)43/h7-9,12-13,15-19,21,26,33-34,44H,3-6,10-11,14,20,22-25,27H2,1-2H3,(H,45,50). The van der Waals surface area contributed by atoms with Crippen molar-refractivity contribution >= 4 is 46.6 Å². The van der Waals surface area contributed by atoms with E-state index in [1.54, 1.807) is 22.9 Å². The molecule has 1 fully saturated rings. The number of benzene rings is 3. The van der Waals surface area contributed by atoms with E-state index in [-0.39, 0.29) is 11.8 Å². The van der Waals surface area contributed by atoms with Crippen LogP contribution in [0.2, 0.25) is 15.1 Å². The van der Waals surface area contributed by atoms with Crippen LogP contribution in [0.4, 0.5) is 0 Å². The van der Waals surface area contributed by atoms with Gasteiger partial charge in [0.2, 0.25) is 5.91 Å². The summed E-state index contributed by atoms with van der Waals surface area (Å²) in [4.78, 5) is 28.5. The fourth-order valence-electron chi connectivity index (χ4n) is 6.89. The molecule has 1 aromatic heterocycles. The van der Waals surface area contributed by atoms with Gasteiger partial charge in [-0.15, -0.1) is 0 Å². The zero-order valence-corrected chi connectivity index (χ0v) is 31.3.